The average molecular weight is 334 g/mol. The number of rotatable bonds is 5. The van der Waals surface area contributed by atoms with Gasteiger partial charge in [-0.25, -0.2) is 9.38 Å². The topological polar surface area (TPSA) is 39.7 Å². The molecule has 1 aliphatic heterocycles. The monoisotopic (exact) mass is 334 g/mol. The predicted octanol–water partition coefficient (Wildman–Crippen LogP) is 2.92. The van der Waals surface area contributed by atoms with E-state index in [0.717, 1.165) is 31.2 Å². The maximum Gasteiger partial charge on any atom is 0.191 e. The third-order valence-electron chi connectivity index (χ3n) is 4.68. The minimum Gasteiger partial charge on any atom is -0.357 e. The molecule has 1 aliphatic rings. The Bertz CT molecular complexity index is 570. The molecule has 0 saturated carbocycles. The number of hydrogen-bond acceptors (Lipinski definition) is 2. The van der Waals surface area contributed by atoms with Gasteiger partial charge in [0.15, 0.2) is 5.96 Å². The van der Waals surface area contributed by atoms with Crippen LogP contribution in [0.1, 0.15) is 38.8 Å². The van der Waals surface area contributed by atoms with Gasteiger partial charge in [-0.15, -0.1) is 0 Å². The van der Waals surface area contributed by atoms with Crippen molar-refractivity contribution >= 4 is 5.96 Å². The first kappa shape index (κ1) is 18.7. The van der Waals surface area contributed by atoms with Crippen molar-refractivity contribution < 1.29 is 4.39 Å². The first-order chi connectivity index (χ1) is 11.4. The Labute approximate surface area is 145 Å². The van der Waals surface area contributed by atoms with E-state index in [9.17, 15) is 4.39 Å². The van der Waals surface area contributed by atoms with Gasteiger partial charge in [-0.2, -0.15) is 0 Å². The molecule has 4 nitrogen and oxygen atoms in total. The van der Waals surface area contributed by atoms with Crippen molar-refractivity contribution in [1.29, 1.82) is 0 Å². The SMILES string of the molecule is CCNC(=NCc1ccc(F)c(C)c1)NC1CN(C(C)C)CC1C. The van der Waals surface area contributed by atoms with Crippen molar-refractivity contribution in [2.45, 2.75) is 53.2 Å². The lowest BCUT2D eigenvalue weighted by atomic mass is 10.1. The van der Waals surface area contributed by atoms with Crippen LogP contribution in [0.15, 0.2) is 23.2 Å². The van der Waals surface area contributed by atoms with Gasteiger partial charge in [0.1, 0.15) is 5.82 Å². The van der Waals surface area contributed by atoms with Crippen LogP contribution in [0.2, 0.25) is 0 Å². The van der Waals surface area contributed by atoms with E-state index in [0.29, 0.717) is 30.1 Å². The Morgan fingerprint density at radius 2 is 2.12 bits per heavy atom. The summed E-state index contributed by atoms with van der Waals surface area (Å²) >= 11 is 0. The highest BCUT2D eigenvalue weighted by atomic mass is 19.1. The van der Waals surface area contributed by atoms with E-state index in [4.69, 9.17) is 0 Å². The molecular formula is C19H31FN4. The zero-order chi connectivity index (χ0) is 17.7. The van der Waals surface area contributed by atoms with Gasteiger partial charge in [0.05, 0.1) is 6.54 Å². The molecule has 1 aromatic carbocycles. The molecule has 5 heteroatoms. The summed E-state index contributed by atoms with van der Waals surface area (Å²) in [6.45, 7) is 14.1. The highest BCUT2D eigenvalue weighted by Crippen LogP contribution is 2.18. The van der Waals surface area contributed by atoms with E-state index >= 15 is 0 Å². The molecule has 1 saturated heterocycles. The van der Waals surface area contributed by atoms with Gasteiger partial charge in [0.2, 0.25) is 0 Å². The smallest absolute Gasteiger partial charge is 0.191 e. The van der Waals surface area contributed by atoms with Crippen molar-refractivity contribution in [2.75, 3.05) is 19.6 Å². The first-order valence-corrected chi connectivity index (χ1v) is 8.94. The molecule has 0 amide bonds. The molecule has 1 aromatic rings. The normalized spacial score (nSPS) is 22.2. The molecule has 134 valence electrons. The molecule has 2 atom stereocenters. The molecular weight excluding hydrogens is 303 g/mol. The van der Waals surface area contributed by atoms with Crippen LogP contribution < -0.4 is 10.6 Å². The standard InChI is InChI=1S/C19H31FN4/c1-6-21-19(22-10-16-7-8-17(20)14(4)9-16)23-18-12-24(13(2)3)11-15(18)5/h7-9,13,15,18H,6,10-12H2,1-5H3,(H2,21,22,23). The van der Waals surface area contributed by atoms with E-state index in [1.165, 1.54) is 6.07 Å². The molecule has 2 unspecified atom stereocenters. The number of benzene rings is 1. The number of halogens is 1. The number of guanidine groups is 1. The maximum absolute atomic E-state index is 13.4. The lowest BCUT2D eigenvalue weighted by Crippen LogP contribution is -2.46. The fraction of sp³-hybridized carbons (Fsp3) is 0.632. The third kappa shape index (κ3) is 4.94. The van der Waals surface area contributed by atoms with Gasteiger partial charge < -0.3 is 10.6 Å². The highest BCUT2D eigenvalue weighted by molar-refractivity contribution is 5.80. The molecule has 1 fully saturated rings. The number of aryl methyl sites for hydroxylation is 1. The summed E-state index contributed by atoms with van der Waals surface area (Å²) < 4.78 is 13.4. The van der Waals surface area contributed by atoms with Gasteiger partial charge in [0, 0.05) is 31.7 Å². The fourth-order valence-corrected chi connectivity index (χ4v) is 3.08. The second-order valence-corrected chi connectivity index (χ2v) is 7.05. The number of hydrogen-bond donors (Lipinski definition) is 2. The number of nitrogens with one attached hydrogen (secondary N) is 2. The van der Waals surface area contributed by atoms with Crippen LogP contribution in [0.25, 0.3) is 0 Å². The number of aliphatic imine (C=N–C) groups is 1. The zero-order valence-corrected chi connectivity index (χ0v) is 15.6. The minimum atomic E-state index is -0.165. The maximum atomic E-state index is 13.4. The molecule has 2 N–H and O–H groups in total. The summed E-state index contributed by atoms with van der Waals surface area (Å²) in [6, 6.07) is 6.15. The summed E-state index contributed by atoms with van der Waals surface area (Å²) in [4.78, 5) is 7.17. The summed E-state index contributed by atoms with van der Waals surface area (Å²) in [7, 11) is 0. The molecule has 0 radical (unpaired) electrons. The van der Waals surface area contributed by atoms with Crippen molar-refractivity contribution in [1.82, 2.24) is 15.5 Å². The largest absolute Gasteiger partial charge is 0.357 e. The van der Waals surface area contributed by atoms with Gasteiger partial charge in [0.25, 0.3) is 0 Å². The number of nitrogens with zero attached hydrogens (tertiary/aromatic N) is 2. The molecule has 24 heavy (non-hydrogen) atoms. The number of likely N-dealkylation sites (tertiary alicyclic amines) is 1. The van der Waals surface area contributed by atoms with Crippen molar-refractivity contribution in [3.05, 3.63) is 35.1 Å². The Kier molecular flexibility index (Phi) is 6.60. The Morgan fingerprint density at radius 1 is 1.38 bits per heavy atom. The second kappa shape index (κ2) is 8.47. The summed E-state index contributed by atoms with van der Waals surface area (Å²) in [5.74, 6) is 1.26. The van der Waals surface area contributed by atoms with E-state index in [-0.39, 0.29) is 5.82 Å². The van der Waals surface area contributed by atoms with E-state index < -0.39 is 0 Å². The van der Waals surface area contributed by atoms with E-state index in [2.05, 4.69) is 48.2 Å². The van der Waals surface area contributed by atoms with Crippen LogP contribution in [0.3, 0.4) is 0 Å². The zero-order valence-electron chi connectivity index (χ0n) is 15.6. The molecule has 0 bridgehead atoms. The van der Waals surface area contributed by atoms with Gasteiger partial charge in [-0.3, -0.25) is 4.90 Å². The quantitative estimate of drug-likeness (QED) is 0.642. The van der Waals surface area contributed by atoms with Crippen molar-refractivity contribution in [3.63, 3.8) is 0 Å². The van der Waals surface area contributed by atoms with Crippen LogP contribution in [0.4, 0.5) is 4.39 Å². The molecule has 0 spiro atoms. The lowest BCUT2D eigenvalue weighted by molar-refractivity contribution is 0.265. The lowest BCUT2D eigenvalue weighted by Gasteiger charge is -2.22. The minimum absolute atomic E-state index is 0.165. The predicted molar refractivity (Wildman–Crippen MR) is 98.7 cm³/mol. The second-order valence-electron chi connectivity index (χ2n) is 7.05. The van der Waals surface area contributed by atoms with E-state index in [1.807, 2.05) is 6.07 Å². The summed E-state index contributed by atoms with van der Waals surface area (Å²) in [6.07, 6.45) is 0. The van der Waals surface area contributed by atoms with Crippen LogP contribution in [-0.4, -0.2) is 42.6 Å². The van der Waals surface area contributed by atoms with Crippen molar-refractivity contribution in [3.8, 4) is 0 Å². The summed E-state index contributed by atoms with van der Waals surface area (Å²) in [5, 5.41) is 6.89. The fourth-order valence-electron chi connectivity index (χ4n) is 3.08. The molecule has 0 aliphatic carbocycles. The van der Waals surface area contributed by atoms with E-state index in [1.54, 1.807) is 13.0 Å². The van der Waals surface area contributed by atoms with Crippen LogP contribution in [-0.2, 0) is 6.54 Å². The van der Waals surface area contributed by atoms with Gasteiger partial charge in [-0.1, -0.05) is 19.1 Å². The highest BCUT2D eigenvalue weighted by Gasteiger charge is 2.31. The Morgan fingerprint density at radius 3 is 2.71 bits per heavy atom. The van der Waals surface area contributed by atoms with Crippen LogP contribution >= 0.6 is 0 Å². The van der Waals surface area contributed by atoms with Gasteiger partial charge >= 0.3 is 0 Å². The third-order valence-corrected chi connectivity index (χ3v) is 4.68. The van der Waals surface area contributed by atoms with Gasteiger partial charge in [-0.05, 0) is 50.8 Å². The molecule has 0 aromatic heterocycles. The Balaban J connectivity index is 2.01. The van der Waals surface area contributed by atoms with Crippen LogP contribution in [0, 0.1) is 18.7 Å². The molecule has 1 heterocycles. The van der Waals surface area contributed by atoms with Crippen molar-refractivity contribution in [2.24, 2.45) is 10.9 Å². The van der Waals surface area contributed by atoms with Crippen LogP contribution in [0.5, 0.6) is 0 Å². The average Bonchev–Trinajstić information content (AvgIpc) is 2.90. The Hall–Kier alpha value is -1.62. The summed E-state index contributed by atoms with van der Waals surface area (Å²) in [5.41, 5.74) is 1.69. The first-order valence-electron chi connectivity index (χ1n) is 8.94. The molecule has 2 rings (SSSR count).